The van der Waals surface area contributed by atoms with Gasteiger partial charge in [0.25, 0.3) is 5.91 Å². The van der Waals surface area contributed by atoms with Crippen molar-refractivity contribution in [2.45, 2.75) is 38.9 Å². The minimum atomic E-state index is -4.49. The molecule has 8 heteroatoms. The van der Waals surface area contributed by atoms with Gasteiger partial charge in [-0.15, -0.1) is 5.10 Å². The molecule has 0 aliphatic carbocycles. The van der Waals surface area contributed by atoms with Crippen LogP contribution in [0.4, 0.5) is 13.2 Å². The van der Waals surface area contributed by atoms with E-state index in [1.807, 2.05) is 19.9 Å². The molecule has 5 nitrogen and oxygen atoms in total. The summed E-state index contributed by atoms with van der Waals surface area (Å²) >= 11 is 0. The zero-order valence-corrected chi connectivity index (χ0v) is 16.1. The van der Waals surface area contributed by atoms with E-state index in [9.17, 15) is 18.0 Å². The van der Waals surface area contributed by atoms with Gasteiger partial charge in [-0.2, -0.15) is 13.2 Å². The predicted molar refractivity (Wildman–Crippen MR) is 104 cm³/mol. The highest BCUT2D eigenvalue weighted by molar-refractivity contribution is 5.91. The van der Waals surface area contributed by atoms with E-state index >= 15 is 0 Å². The van der Waals surface area contributed by atoms with E-state index in [0.717, 1.165) is 25.0 Å². The first-order valence-corrected chi connectivity index (χ1v) is 9.30. The van der Waals surface area contributed by atoms with Crippen molar-refractivity contribution in [1.82, 2.24) is 20.1 Å². The molecule has 1 unspecified atom stereocenters. The molecule has 0 bridgehead atoms. The summed E-state index contributed by atoms with van der Waals surface area (Å²) < 4.78 is 40.7. The van der Waals surface area contributed by atoms with Gasteiger partial charge >= 0.3 is 6.18 Å². The number of hydrogen-bond donors (Lipinski definition) is 1. The lowest BCUT2D eigenvalue weighted by atomic mass is 10.2. The largest absolute Gasteiger partial charge is 0.416 e. The Kier molecular flexibility index (Phi) is 6.00. The van der Waals surface area contributed by atoms with E-state index in [1.165, 1.54) is 16.8 Å². The van der Waals surface area contributed by atoms with Crippen LogP contribution in [0, 0.1) is 0 Å². The van der Waals surface area contributed by atoms with E-state index in [0.29, 0.717) is 11.4 Å². The lowest BCUT2D eigenvalue weighted by molar-refractivity contribution is -0.137. The van der Waals surface area contributed by atoms with Gasteiger partial charge in [-0.05, 0) is 31.5 Å². The fourth-order valence-corrected chi connectivity index (χ4v) is 2.97. The molecule has 0 saturated heterocycles. The van der Waals surface area contributed by atoms with E-state index < -0.39 is 17.6 Å². The van der Waals surface area contributed by atoms with Crippen molar-refractivity contribution in [3.8, 4) is 17.1 Å². The molecule has 0 fully saturated rings. The number of amides is 1. The maximum absolute atomic E-state index is 13.1. The quantitative estimate of drug-likeness (QED) is 0.640. The molecule has 2 aromatic carbocycles. The number of aromatic nitrogens is 3. The Balaban J connectivity index is 2.06. The summed E-state index contributed by atoms with van der Waals surface area (Å²) in [5.41, 5.74) is 0.0111. The third-order valence-electron chi connectivity index (χ3n) is 4.36. The Bertz CT molecular complexity index is 983. The molecule has 0 aliphatic heterocycles. The molecule has 0 spiro atoms. The van der Waals surface area contributed by atoms with Crippen molar-refractivity contribution in [3.05, 3.63) is 66.0 Å². The fraction of sp³-hybridized carbons (Fsp3) is 0.286. The van der Waals surface area contributed by atoms with Gasteiger partial charge < -0.3 is 5.32 Å². The van der Waals surface area contributed by atoms with Crippen LogP contribution in [0.2, 0.25) is 0 Å². The number of nitrogens with one attached hydrogen (secondary N) is 1. The second-order valence-corrected chi connectivity index (χ2v) is 6.75. The summed E-state index contributed by atoms with van der Waals surface area (Å²) in [5, 5.41) is 7.04. The van der Waals surface area contributed by atoms with Crippen LogP contribution in [0.3, 0.4) is 0 Å². The highest BCUT2D eigenvalue weighted by atomic mass is 19.4. The summed E-state index contributed by atoms with van der Waals surface area (Å²) in [5.74, 6) is -0.267. The number of hydrogen-bond acceptors (Lipinski definition) is 3. The zero-order valence-electron chi connectivity index (χ0n) is 16.1. The van der Waals surface area contributed by atoms with Gasteiger partial charge in [0.1, 0.15) is 0 Å². The normalized spacial score (nSPS) is 12.6. The molecule has 0 radical (unpaired) electrons. The average Bonchev–Trinajstić information content (AvgIpc) is 3.14. The zero-order chi connectivity index (χ0) is 21.0. The number of alkyl halides is 3. The van der Waals surface area contributed by atoms with Crippen LogP contribution >= 0.6 is 0 Å². The Hall–Kier alpha value is -3.16. The fourth-order valence-electron chi connectivity index (χ4n) is 2.97. The summed E-state index contributed by atoms with van der Waals surface area (Å²) in [6, 6.07) is 13.6. The molecule has 29 heavy (non-hydrogen) atoms. The van der Waals surface area contributed by atoms with Crippen LogP contribution in [0.1, 0.15) is 42.9 Å². The minimum absolute atomic E-state index is 0.0619. The molecule has 3 aromatic rings. The van der Waals surface area contributed by atoms with Crippen molar-refractivity contribution in [1.29, 1.82) is 0 Å². The molecule has 1 atom stereocenters. The number of halogens is 3. The van der Waals surface area contributed by atoms with Crippen LogP contribution in [-0.2, 0) is 6.18 Å². The maximum atomic E-state index is 13.1. The van der Waals surface area contributed by atoms with Crippen molar-refractivity contribution in [2.75, 3.05) is 0 Å². The smallest absolute Gasteiger partial charge is 0.347 e. The van der Waals surface area contributed by atoms with E-state index in [2.05, 4.69) is 15.4 Å². The van der Waals surface area contributed by atoms with Crippen LogP contribution in [0.15, 0.2) is 54.6 Å². The number of rotatable bonds is 6. The third-order valence-corrected chi connectivity index (χ3v) is 4.36. The van der Waals surface area contributed by atoms with Crippen molar-refractivity contribution in [2.24, 2.45) is 0 Å². The lowest BCUT2D eigenvalue weighted by Crippen LogP contribution is -2.33. The summed E-state index contributed by atoms with van der Waals surface area (Å²) in [6.07, 6.45) is -2.78. The molecular weight excluding hydrogens is 381 g/mol. The molecule has 0 aliphatic rings. The Labute approximate surface area is 166 Å². The number of carbonyl (C=O) groups excluding carboxylic acids is 1. The van der Waals surface area contributed by atoms with Gasteiger partial charge in [0.05, 0.1) is 11.3 Å². The molecule has 1 amide bonds. The first-order chi connectivity index (χ1) is 13.8. The Morgan fingerprint density at radius 2 is 1.86 bits per heavy atom. The molecule has 0 saturated carbocycles. The molecule has 152 valence electrons. The number of benzene rings is 2. The number of nitrogens with zero attached hydrogens (tertiary/aromatic N) is 3. The summed E-state index contributed by atoms with van der Waals surface area (Å²) in [4.78, 5) is 16.9. The second kappa shape index (κ2) is 8.46. The van der Waals surface area contributed by atoms with Gasteiger partial charge in [-0.3, -0.25) is 4.79 Å². The van der Waals surface area contributed by atoms with Gasteiger partial charge in [0.15, 0.2) is 5.82 Å². The van der Waals surface area contributed by atoms with Gasteiger partial charge in [0.2, 0.25) is 5.82 Å². The monoisotopic (exact) mass is 402 g/mol. The van der Waals surface area contributed by atoms with E-state index in [4.69, 9.17) is 0 Å². The highest BCUT2D eigenvalue weighted by Gasteiger charge is 2.31. The van der Waals surface area contributed by atoms with Crippen LogP contribution in [-0.4, -0.2) is 26.7 Å². The SMILES string of the molecule is CCCC(C)NC(=O)c1nc(-c2ccccc2)n(-c2cccc(C(F)(F)F)c2)n1. The van der Waals surface area contributed by atoms with Crippen LogP contribution in [0.5, 0.6) is 0 Å². The Morgan fingerprint density at radius 1 is 1.14 bits per heavy atom. The number of carbonyl (C=O) groups is 1. The van der Waals surface area contributed by atoms with Gasteiger partial charge in [-0.25, -0.2) is 9.67 Å². The van der Waals surface area contributed by atoms with Crippen molar-refractivity contribution in [3.63, 3.8) is 0 Å². The first-order valence-electron chi connectivity index (χ1n) is 9.30. The molecule has 1 aromatic heterocycles. The summed E-state index contributed by atoms with van der Waals surface area (Å²) in [7, 11) is 0. The van der Waals surface area contributed by atoms with E-state index in [1.54, 1.807) is 24.3 Å². The first kappa shape index (κ1) is 20.6. The predicted octanol–water partition coefficient (Wildman–Crippen LogP) is 4.87. The topological polar surface area (TPSA) is 59.8 Å². The van der Waals surface area contributed by atoms with Crippen molar-refractivity contribution >= 4 is 5.91 Å². The molecular formula is C21H21F3N4O. The molecule has 1 N–H and O–H groups in total. The van der Waals surface area contributed by atoms with Crippen LogP contribution in [0.25, 0.3) is 17.1 Å². The summed E-state index contributed by atoms with van der Waals surface area (Å²) in [6.45, 7) is 3.89. The van der Waals surface area contributed by atoms with Crippen molar-refractivity contribution < 1.29 is 18.0 Å². The Morgan fingerprint density at radius 3 is 2.52 bits per heavy atom. The second-order valence-electron chi connectivity index (χ2n) is 6.75. The minimum Gasteiger partial charge on any atom is -0.347 e. The standard InChI is InChI=1S/C21H21F3N4O/c1-3-8-14(2)25-20(29)18-26-19(15-9-5-4-6-10-15)28(27-18)17-12-7-11-16(13-17)21(22,23)24/h4-7,9-14H,3,8H2,1-2H3,(H,25,29). The van der Waals surface area contributed by atoms with Crippen LogP contribution < -0.4 is 5.32 Å². The maximum Gasteiger partial charge on any atom is 0.416 e. The molecule has 3 rings (SSSR count). The third kappa shape index (κ3) is 4.82. The average molecular weight is 402 g/mol. The highest BCUT2D eigenvalue weighted by Crippen LogP contribution is 2.31. The lowest BCUT2D eigenvalue weighted by Gasteiger charge is -2.11. The van der Waals surface area contributed by atoms with Gasteiger partial charge in [0, 0.05) is 11.6 Å². The molecule has 1 heterocycles. The van der Waals surface area contributed by atoms with E-state index in [-0.39, 0.29) is 17.6 Å². The van der Waals surface area contributed by atoms with Gasteiger partial charge in [-0.1, -0.05) is 49.7 Å².